The van der Waals surface area contributed by atoms with Crippen molar-refractivity contribution in [2.45, 2.75) is 50.3 Å². The van der Waals surface area contributed by atoms with Gasteiger partial charge in [0, 0.05) is 27.3 Å². The van der Waals surface area contributed by atoms with Gasteiger partial charge in [-0.15, -0.1) is 11.8 Å². The molecule has 0 aliphatic rings. The Balaban J connectivity index is 2.60. The molecule has 0 spiro atoms. The molecule has 0 saturated carbocycles. The zero-order chi connectivity index (χ0) is 13.8. The first kappa shape index (κ1) is 15.9. The van der Waals surface area contributed by atoms with Crippen LogP contribution in [0.3, 0.4) is 0 Å². The molecular formula is C15H24ClNS. The monoisotopic (exact) mass is 285 g/mol. The summed E-state index contributed by atoms with van der Waals surface area (Å²) in [6.45, 7) is 12.2. The van der Waals surface area contributed by atoms with Crippen molar-refractivity contribution < 1.29 is 0 Å². The molecule has 18 heavy (non-hydrogen) atoms. The van der Waals surface area contributed by atoms with E-state index < -0.39 is 0 Å². The number of nitrogens with one attached hydrogen (secondary N) is 1. The van der Waals surface area contributed by atoms with E-state index in [0.717, 1.165) is 11.6 Å². The SMILES string of the molecule is CC(C)C(CNC(C)(C)C)Sc1ccc(Cl)cc1. The summed E-state index contributed by atoms with van der Waals surface area (Å²) in [5.41, 5.74) is 0.174. The van der Waals surface area contributed by atoms with Gasteiger partial charge in [0.05, 0.1) is 0 Å². The maximum absolute atomic E-state index is 5.91. The summed E-state index contributed by atoms with van der Waals surface area (Å²) >= 11 is 7.84. The Morgan fingerprint density at radius 2 is 1.72 bits per heavy atom. The number of benzene rings is 1. The van der Waals surface area contributed by atoms with Crippen LogP contribution in [0, 0.1) is 5.92 Å². The molecule has 1 aromatic carbocycles. The quantitative estimate of drug-likeness (QED) is 0.777. The summed E-state index contributed by atoms with van der Waals surface area (Å²) in [6, 6.07) is 8.11. The predicted octanol–water partition coefficient (Wildman–Crippen LogP) is 4.84. The Kier molecular flexibility index (Phi) is 6.03. The van der Waals surface area contributed by atoms with Gasteiger partial charge >= 0.3 is 0 Å². The van der Waals surface area contributed by atoms with Gasteiger partial charge < -0.3 is 5.32 Å². The van der Waals surface area contributed by atoms with Gasteiger partial charge in [-0.2, -0.15) is 0 Å². The van der Waals surface area contributed by atoms with E-state index in [1.54, 1.807) is 0 Å². The van der Waals surface area contributed by atoms with Crippen molar-refractivity contribution in [3.05, 3.63) is 29.3 Å². The largest absolute Gasteiger partial charge is 0.311 e. The highest BCUT2D eigenvalue weighted by Crippen LogP contribution is 2.29. The molecule has 0 aliphatic heterocycles. The Morgan fingerprint density at radius 1 is 1.17 bits per heavy atom. The molecule has 1 rings (SSSR count). The Labute approximate surface area is 121 Å². The number of hydrogen-bond donors (Lipinski definition) is 1. The molecule has 1 aromatic rings. The zero-order valence-corrected chi connectivity index (χ0v) is 13.5. The highest BCUT2D eigenvalue weighted by Gasteiger charge is 2.18. The Bertz CT molecular complexity index is 354. The van der Waals surface area contributed by atoms with Crippen molar-refractivity contribution in [2.24, 2.45) is 5.92 Å². The normalized spacial score (nSPS) is 13.9. The van der Waals surface area contributed by atoms with Crippen LogP contribution in [0.4, 0.5) is 0 Å². The number of rotatable bonds is 5. The zero-order valence-electron chi connectivity index (χ0n) is 12.0. The van der Waals surface area contributed by atoms with Crippen molar-refractivity contribution in [1.82, 2.24) is 5.32 Å². The molecule has 3 heteroatoms. The van der Waals surface area contributed by atoms with Crippen LogP contribution < -0.4 is 5.32 Å². The van der Waals surface area contributed by atoms with Gasteiger partial charge in [-0.1, -0.05) is 25.4 Å². The van der Waals surface area contributed by atoms with E-state index >= 15 is 0 Å². The smallest absolute Gasteiger partial charge is 0.0406 e. The molecule has 0 heterocycles. The van der Waals surface area contributed by atoms with Crippen molar-refractivity contribution in [2.75, 3.05) is 6.54 Å². The van der Waals surface area contributed by atoms with Gasteiger partial charge in [0.2, 0.25) is 0 Å². The summed E-state index contributed by atoms with van der Waals surface area (Å²) in [7, 11) is 0. The molecule has 1 nitrogen and oxygen atoms in total. The second kappa shape index (κ2) is 6.83. The minimum absolute atomic E-state index is 0.174. The third kappa shape index (κ3) is 6.12. The van der Waals surface area contributed by atoms with Gasteiger partial charge in [-0.05, 0) is 51.0 Å². The number of halogens is 1. The number of thioether (sulfide) groups is 1. The van der Waals surface area contributed by atoms with E-state index in [4.69, 9.17) is 11.6 Å². The standard InChI is InChI=1S/C15H24ClNS/c1-11(2)14(10-17-15(3,4)5)18-13-8-6-12(16)7-9-13/h6-9,11,14,17H,10H2,1-5H3. The van der Waals surface area contributed by atoms with Crippen LogP contribution in [0.1, 0.15) is 34.6 Å². The fraction of sp³-hybridized carbons (Fsp3) is 0.600. The summed E-state index contributed by atoms with van der Waals surface area (Å²) in [5.74, 6) is 0.639. The van der Waals surface area contributed by atoms with E-state index in [1.165, 1.54) is 4.90 Å². The molecule has 1 atom stereocenters. The summed E-state index contributed by atoms with van der Waals surface area (Å²) in [4.78, 5) is 1.29. The van der Waals surface area contributed by atoms with Crippen LogP contribution in [-0.2, 0) is 0 Å². The van der Waals surface area contributed by atoms with Crippen molar-refractivity contribution in [3.63, 3.8) is 0 Å². The van der Waals surface area contributed by atoms with Gasteiger partial charge in [0.25, 0.3) is 0 Å². The lowest BCUT2D eigenvalue weighted by Gasteiger charge is -2.27. The topological polar surface area (TPSA) is 12.0 Å². The molecule has 0 aromatic heterocycles. The molecule has 0 aliphatic carbocycles. The van der Waals surface area contributed by atoms with Crippen LogP contribution in [0.25, 0.3) is 0 Å². The fourth-order valence-corrected chi connectivity index (χ4v) is 2.72. The van der Waals surface area contributed by atoms with Gasteiger partial charge in [-0.25, -0.2) is 0 Å². The average Bonchev–Trinajstić information content (AvgIpc) is 2.25. The molecule has 0 bridgehead atoms. The fourth-order valence-electron chi connectivity index (χ4n) is 1.51. The average molecular weight is 286 g/mol. The lowest BCUT2D eigenvalue weighted by molar-refractivity contribution is 0.408. The van der Waals surface area contributed by atoms with E-state index in [2.05, 4.69) is 52.1 Å². The minimum Gasteiger partial charge on any atom is -0.311 e. The first-order chi connectivity index (χ1) is 8.28. The third-order valence-electron chi connectivity index (χ3n) is 2.68. The molecule has 0 fully saturated rings. The lowest BCUT2D eigenvalue weighted by atomic mass is 10.1. The lowest BCUT2D eigenvalue weighted by Crippen LogP contribution is -2.41. The maximum Gasteiger partial charge on any atom is 0.0406 e. The second-order valence-electron chi connectivity index (χ2n) is 5.99. The van der Waals surface area contributed by atoms with Crippen LogP contribution in [0.2, 0.25) is 5.02 Å². The first-order valence-corrected chi connectivity index (χ1v) is 7.71. The molecule has 1 unspecified atom stereocenters. The highest BCUT2D eigenvalue weighted by atomic mass is 35.5. The summed E-state index contributed by atoms with van der Waals surface area (Å²) < 4.78 is 0. The van der Waals surface area contributed by atoms with Crippen molar-refractivity contribution in [3.8, 4) is 0 Å². The van der Waals surface area contributed by atoms with Gasteiger partial charge in [-0.3, -0.25) is 0 Å². The molecule has 0 amide bonds. The third-order valence-corrected chi connectivity index (χ3v) is 4.49. The van der Waals surface area contributed by atoms with Crippen LogP contribution in [-0.4, -0.2) is 17.3 Å². The van der Waals surface area contributed by atoms with Crippen LogP contribution in [0.15, 0.2) is 29.2 Å². The van der Waals surface area contributed by atoms with E-state index in [0.29, 0.717) is 11.2 Å². The second-order valence-corrected chi connectivity index (χ2v) is 7.73. The molecule has 0 saturated heterocycles. The summed E-state index contributed by atoms with van der Waals surface area (Å²) in [5, 5.41) is 4.96. The molecule has 1 N–H and O–H groups in total. The number of hydrogen-bond acceptors (Lipinski definition) is 2. The minimum atomic E-state index is 0.174. The Morgan fingerprint density at radius 3 is 2.17 bits per heavy atom. The maximum atomic E-state index is 5.91. The van der Waals surface area contributed by atoms with Gasteiger partial charge in [0.1, 0.15) is 0 Å². The first-order valence-electron chi connectivity index (χ1n) is 6.45. The van der Waals surface area contributed by atoms with Crippen LogP contribution >= 0.6 is 23.4 Å². The highest BCUT2D eigenvalue weighted by molar-refractivity contribution is 8.00. The molecular weight excluding hydrogens is 262 g/mol. The van der Waals surface area contributed by atoms with Gasteiger partial charge in [0.15, 0.2) is 0 Å². The predicted molar refractivity (Wildman–Crippen MR) is 83.7 cm³/mol. The Hall–Kier alpha value is -0.180. The molecule has 0 radical (unpaired) electrons. The molecule has 102 valence electrons. The van der Waals surface area contributed by atoms with E-state index in [9.17, 15) is 0 Å². The van der Waals surface area contributed by atoms with Crippen molar-refractivity contribution >= 4 is 23.4 Å². The van der Waals surface area contributed by atoms with Crippen LogP contribution in [0.5, 0.6) is 0 Å². The summed E-state index contributed by atoms with van der Waals surface area (Å²) in [6.07, 6.45) is 0. The van der Waals surface area contributed by atoms with E-state index in [-0.39, 0.29) is 5.54 Å². The van der Waals surface area contributed by atoms with Crippen molar-refractivity contribution in [1.29, 1.82) is 0 Å². The van der Waals surface area contributed by atoms with E-state index in [1.807, 2.05) is 23.9 Å².